The van der Waals surface area contributed by atoms with E-state index >= 15 is 0 Å². The lowest BCUT2D eigenvalue weighted by Crippen LogP contribution is -2.11. The van der Waals surface area contributed by atoms with Crippen LogP contribution in [-0.4, -0.2) is 11.1 Å². The standard InChI is InChI=1S/C9H14O2/c1-7-3-2-4-8(6-5-7)9(10)11/h5,8H,2-4,6H2,1H3,(H,10,11). The first kappa shape index (κ1) is 8.31. The summed E-state index contributed by atoms with van der Waals surface area (Å²) < 4.78 is 0. The van der Waals surface area contributed by atoms with Crippen molar-refractivity contribution in [1.29, 1.82) is 0 Å². The Morgan fingerprint density at radius 1 is 1.73 bits per heavy atom. The Balaban J connectivity index is 2.53. The average Bonchev–Trinajstić information content (AvgIpc) is 2.13. The van der Waals surface area contributed by atoms with E-state index < -0.39 is 5.97 Å². The van der Waals surface area contributed by atoms with Crippen molar-refractivity contribution in [2.45, 2.75) is 32.6 Å². The van der Waals surface area contributed by atoms with E-state index in [1.54, 1.807) is 0 Å². The van der Waals surface area contributed by atoms with Crippen molar-refractivity contribution < 1.29 is 9.90 Å². The maximum absolute atomic E-state index is 10.6. The van der Waals surface area contributed by atoms with Crippen LogP contribution >= 0.6 is 0 Å². The highest BCUT2D eigenvalue weighted by Gasteiger charge is 2.17. The van der Waals surface area contributed by atoms with Gasteiger partial charge in [0.05, 0.1) is 5.92 Å². The lowest BCUT2D eigenvalue weighted by Gasteiger charge is -2.04. The van der Waals surface area contributed by atoms with E-state index in [2.05, 4.69) is 13.0 Å². The van der Waals surface area contributed by atoms with E-state index in [9.17, 15) is 4.79 Å². The first-order valence-electron chi connectivity index (χ1n) is 4.08. The van der Waals surface area contributed by atoms with Crippen molar-refractivity contribution in [3.63, 3.8) is 0 Å². The molecule has 1 aliphatic rings. The first-order chi connectivity index (χ1) is 5.20. The van der Waals surface area contributed by atoms with Gasteiger partial charge >= 0.3 is 5.97 Å². The van der Waals surface area contributed by atoms with Crippen LogP contribution in [0.3, 0.4) is 0 Å². The number of allylic oxidation sites excluding steroid dienone is 2. The normalized spacial score (nSPS) is 25.5. The molecule has 0 aromatic rings. The zero-order chi connectivity index (χ0) is 8.27. The van der Waals surface area contributed by atoms with Crippen LogP contribution in [0.1, 0.15) is 32.6 Å². The van der Waals surface area contributed by atoms with Crippen LogP contribution < -0.4 is 0 Å². The highest BCUT2D eigenvalue weighted by atomic mass is 16.4. The third-order valence-corrected chi connectivity index (χ3v) is 2.22. The maximum Gasteiger partial charge on any atom is 0.306 e. The summed E-state index contributed by atoms with van der Waals surface area (Å²) in [4.78, 5) is 10.6. The van der Waals surface area contributed by atoms with Crippen molar-refractivity contribution in [1.82, 2.24) is 0 Å². The second kappa shape index (κ2) is 3.56. The number of hydrogen-bond donors (Lipinski definition) is 1. The molecular formula is C9H14O2. The van der Waals surface area contributed by atoms with Gasteiger partial charge in [0.15, 0.2) is 0 Å². The Morgan fingerprint density at radius 2 is 2.45 bits per heavy atom. The zero-order valence-electron chi connectivity index (χ0n) is 6.84. The second-order valence-electron chi connectivity index (χ2n) is 3.21. The molecule has 1 N–H and O–H groups in total. The molecule has 0 aliphatic heterocycles. The average molecular weight is 154 g/mol. The molecule has 1 rings (SSSR count). The molecule has 11 heavy (non-hydrogen) atoms. The minimum Gasteiger partial charge on any atom is -0.481 e. The maximum atomic E-state index is 10.6. The van der Waals surface area contributed by atoms with Crippen LogP contribution in [0.25, 0.3) is 0 Å². The fourth-order valence-electron chi connectivity index (χ4n) is 1.41. The molecule has 1 aliphatic carbocycles. The van der Waals surface area contributed by atoms with Crippen LogP contribution in [-0.2, 0) is 4.79 Å². The zero-order valence-corrected chi connectivity index (χ0v) is 6.84. The third kappa shape index (κ3) is 2.37. The van der Waals surface area contributed by atoms with Gasteiger partial charge in [-0.05, 0) is 32.6 Å². The predicted octanol–water partition coefficient (Wildman–Crippen LogP) is 2.21. The van der Waals surface area contributed by atoms with Crippen molar-refractivity contribution in [3.05, 3.63) is 11.6 Å². The summed E-state index contributed by atoms with van der Waals surface area (Å²) >= 11 is 0. The second-order valence-corrected chi connectivity index (χ2v) is 3.21. The molecule has 1 atom stereocenters. The quantitative estimate of drug-likeness (QED) is 0.588. The number of carbonyl (C=O) groups is 1. The Morgan fingerprint density at radius 3 is 3.09 bits per heavy atom. The highest BCUT2D eigenvalue weighted by molar-refractivity contribution is 5.70. The summed E-state index contributed by atoms with van der Waals surface area (Å²) in [6.07, 6.45) is 5.72. The van der Waals surface area contributed by atoms with Crippen LogP contribution in [0.5, 0.6) is 0 Å². The van der Waals surface area contributed by atoms with Gasteiger partial charge < -0.3 is 5.11 Å². The largest absolute Gasteiger partial charge is 0.481 e. The summed E-state index contributed by atoms with van der Waals surface area (Å²) in [6.45, 7) is 2.07. The van der Waals surface area contributed by atoms with Crippen LogP contribution in [0, 0.1) is 5.92 Å². The van der Waals surface area contributed by atoms with Gasteiger partial charge in [-0.2, -0.15) is 0 Å². The fraction of sp³-hybridized carbons (Fsp3) is 0.667. The Hall–Kier alpha value is -0.790. The summed E-state index contributed by atoms with van der Waals surface area (Å²) in [5, 5.41) is 8.72. The van der Waals surface area contributed by atoms with Crippen LogP contribution in [0.4, 0.5) is 0 Å². The Kier molecular flexibility index (Phi) is 2.69. The Labute approximate surface area is 66.9 Å². The highest BCUT2D eigenvalue weighted by Crippen LogP contribution is 2.21. The molecule has 0 amide bonds. The van der Waals surface area contributed by atoms with Crippen LogP contribution in [0.2, 0.25) is 0 Å². The van der Waals surface area contributed by atoms with Gasteiger partial charge in [-0.15, -0.1) is 0 Å². The SMILES string of the molecule is CC1=CCC(C(=O)O)CCC1. The number of aliphatic carboxylic acids is 1. The van der Waals surface area contributed by atoms with Crippen molar-refractivity contribution in [2.24, 2.45) is 5.92 Å². The molecule has 0 spiro atoms. The molecule has 0 aromatic heterocycles. The lowest BCUT2D eigenvalue weighted by atomic mass is 10.0. The van der Waals surface area contributed by atoms with E-state index in [1.165, 1.54) is 5.57 Å². The Bertz CT molecular complexity index is 182. The molecule has 0 fully saturated rings. The molecule has 1 unspecified atom stereocenters. The van der Waals surface area contributed by atoms with Gasteiger partial charge in [0, 0.05) is 0 Å². The molecule has 0 saturated carbocycles. The molecular weight excluding hydrogens is 140 g/mol. The summed E-state index contributed by atoms with van der Waals surface area (Å²) in [7, 11) is 0. The topological polar surface area (TPSA) is 37.3 Å². The molecule has 0 heterocycles. The number of carboxylic acid groups (broad SMARTS) is 1. The summed E-state index contributed by atoms with van der Waals surface area (Å²) in [5.41, 5.74) is 1.34. The molecule has 2 nitrogen and oxygen atoms in total. The predicted molar refractivity (Wildman–Crippen MR) is 43.4 cm³/mol. The van der Waals surface area contributed by atoms with Gasteiger partial charge in [0.1, 0.15) is 0 Å². The number of carboxylic acids is 1. The molecule has 62 valence electrons. The molecule has 0 saturated heterocycles. The third-order valence-electron chi connectivity index (χ3n) is 2.22. The molecule has 0 radical (unpaired) electrons. The molecule has 2 heteroatoms. The van der Waals surface area contributed by atoms with Crippen LogP contribution in [0.15, 0.2) is 11.6 Å². The fourth-order valence-corrected chi connectivity index (χ4v) is 1.41. The summed E-state index contributed by atoms with van der Waals surface area (Å²) in [6, 6.07) is 0. The smallest absolute Gasteiger partial charge is 0.306 e. The van der Waals surface area contributed by atoms with E-state index in [1.807, 2.05) is 0 Å². The van der Waals surface area contributed by atoms with Crippen molar-refractivity contribution >= 4 is 5.97 Å². The van der Waals surface area contributed by atoms with Crippen molar-refractivity contribution in [3.8, 4) is 0 Å². The number of rotatable bonds is 1. The van der Waals surface area contributed by atoms with Gasteiger partial charge in [-0.1, -0.05) is 11.6 Å². The minimum atomic E-state index is -0.643. The first-order valence-corrected chi connectivity index (χ1v) is 4.08. The number of hydrogen-bond acceptors (Lipinski definition) is 1. The lowest BCUT2D eigenvalue weighted by molar-refractivity contribution is -0.141. The van der Waals surface area contributed by atoms with Gasteiger partial charge in [-0.3, -0.25) is 4.79 Å². The van der Waals surface area contributed by atoms with E-state index in [0.717, 1.165) is 25.7 Å². The van der Waals surface area contributed by atoms with E-state index in [4.69, 9.17) is 5.11 Å². The summed E-state index contributed by atoms with van der Waals surface area (Å²) in [5.74, 6) is -0.775. The van der Waals surface area contributed by atoms with Gasteiger partial charge in [0.25, 0.3) is 0 Å². The molecule has 0 bridgehead atoms. The molecule has 0 aromatic carbocycles. The van der Waals surface area contributed by atoms with Gasteiger partial charge in [-0.25, -0.2) is 0 Å². The van der Waals surface area contributed by atoms with Crippen molar-refractivity contribution in [2.75, 3.05) is 0 Å². The minimum absolute atomic E-state index is 0.132. The van der Waals surface area contributed by atoms with E-state index in [0.29, 0.717) is 0 Å². The van der Waals surface area contributed by atoms with E-state index in [-0.39, 0.29) is 5.92 Å². The monoisotopic (exact) mass is 154 g/mol. The van der Waals surface area contributed by atoms with Gasteiger partial charge in [0.2, 0.25) is 0 Å².